The topological polar surface area (TPSA) is 99.6 Å². The molecule has 2 aromatic rings. The van der Waals surface area contributed by atoms with Gasteiger partial charge in [-0.05, 0) is 56.7 Å². The molecular weight excluding hydrogens is 536 g/mol. The summed E-state index contributed by atoms with van der Waals surface area (Å²) >= 11 is 0. The van der Waals surface area contributed by atoms with Crippen molar-refractivity contribution in [2.45, 2.75) is 58.1 Å². The molecule has 0 unspecified atom stereocenters. The maximum Gasteiger partial charge on any atom is 0.347 e. The molecule has 11 heteroatoms. The number of methoxy groups -OCH3 is 1. The van der Waals surface area contributed by atoms with Gasteiger partial charge >= 0.3 is 12.0 Å². The Morgan fingerprint density at radius 3 is 2.29 bits per heavy atom. The van der Waals surface area contributed by atoms with Gasteiger partial charge in [-0.25, -0.2) is 14.0 Å². The van der Waals surface area contributed by atoms with Gasteiger partial charge in [0, 0.05) is 44.0 Å². The van der Waals surface area contributed by atoms with Crippen LogP contribution in [0, 0.1) is 17.6 Å². The van der Waals surface area contributed by atoms with Gasteiger partial charge < -0.3 is 24.4 Å². The molecule has 2 aliphatic rings. The van der Waals surface area contributed by atoms with Crippen LogP contribution in [0.15, 0.2) is 36.4 Å². The van der Waals surface area contributed by atoms with Crippen LogP contribution < -0.4 is 14.4 Å². The van der Waals surface area contributed by atoms with Gasteiger partial charge in [0.2, 0.25) is 5.82 Å². The van der Waals surface area contributed by atoms with Gasteiger partial charge in [-0.1, -0.05) is 26.0 Å². The van der Waals surface area contributed by atoms with Gasteiger partial charge in [-0.3, -0.25) is 9.69 Å². The SMILES string of the molecule is COc1ccc(CCN2C(=O)N(CC(C)C)C(=O)C23CCN(c2cc(F)c(F)c(OC(C)(C)C(=O)O)c2)CC3)cc1. The number of ether oxygens (including phenoxy) is 2. The summed E-state index contributed by atoms with van der Waals surface area (Å²) in [5.74, 6) is -3.69. The van der Waals surface area contributed by atoms with Crippen LogP contribution in [0.5, 0.6) is 11.5 Å². The maximum absolute atomic E-state index is 14.6. The minimum Gasteiger partial charge on any atom is -0.497 e. The fourth-order valence-corrected chi connectivity index (χ4v) is 5.40. The second-order valence-electron chi connectivity index (χ2n) is 11.5. The van der Waals surface area contributed by atoms with Gasteiger partial charge in [0.25, 0.3) is 5.91 Å². The van der Waals surface area contributed by atoms with E-state index in [2.05, 4.69) is 0 Å². The third-order valence-corrected chi connectivity index (χ3v) is 7.77. The molecule has 9 nitrogen and oxygen atoms in total. The summed E-state index contributed by atoms with van der Waals surface area (Å²) in [6.45, 7) is 7.63. The summed E-state index contributed by atoms with van der Waals surface area (Å²) in [7, 11) is 1.59. The molecule has 0 aromatic heterocycles. The summed E-state index contributed by atoms with van der Waals surface area (Å²) in [4.78, 5) is 43.6. The molecule has 0 atom stereocenters. The molecule has 4 rings (SSSR count). The Morgan fingerprint density at radius 2 is 1.73 bits per heavy atom. The number of carboxylic acids is 1. The Bertz CT molecular complexity index is 1310. The third-order valence-electron chi connectivity index (χ3n) is 7.77. The van der Waals surface area contributed by atoms with Gasteiger partial charge in [0.15, 0.2) is 17.2 Å². The molecule has 0 aliphatic carbocycles. The Labute approximate surface area is 238 Å². The van der Waals surface area contributed by atoms with E-state index in [0.717, 1.165) is 17.4 Å². The molecule has 2 fully saturated rings. The number of benzene rings is 2. The molecular formula is C30H37F2N3O6. The summed E-state index contributed by atoms with van der Waals surface area (Å²) in [6, 6.07) is 9.54. The number of hydrogen-bond acceptors (Lipinski definition) is 6. The van der Waals surface area contributed by atoms with E-state index in [1.165, 1.54) is 24.8 Å². The summed E-state index contributed by atoms with van der Waals surface area (Å²) in [6.07, 6.45) is 1.14. The zero-order chi connectivity index (χ0) is 30.1. The fourth-order valence-electron chi connectivity index (χ4n) is 5.40. The number of nitrogens with zero attached hydrogens (tertiary/aromatic N) is 3. The number of carboxylic acid groups (broad SMARTS) is 1. The summed E-state index contributed by atoms with van der Waals surface area (Å²) in [5, 5.41) is 9.36. The molecule has 1 N–H and O–H groups in total. The normalized spacial score (nSPS) is 17.1. The number of imide groups is 1. The van der Waals surface area contributed by atoms with Crippen molar-refractivity contribution in [3.8, 4) is 11.5 Å². The number of halogens is 2. The van der Waals surface area contributed by atoms with Gasteiger partial charge in [0.05, 0.1) is 7.11 Å². The number of anilines is 1. The van der Waals surface area contributed by atoms with Crippen LogP contribution in [0.4, 0.5) is 19.3 Å². The molecule has 2 aliphatic heterocycles. The quantitative estimate of drug-likeness (QED) is 0.411. The lowest BCUT2D eigenvalue weighted by Crippen LogP contribution is -2.57. The molecule has 2 heterocycles. The molecule has 41 heavy (non-hydrogen) atoms. The van der Waals surface area contributed by atoms with Crippen LogP contribution in [0.25, 0.3) is 0 Å². The standard InChI is InChI=1S/C30H37F2N3O6/c1-19(2)18-34-26(36)30(35(28(34)39)13-10-20-6-8-22(40-5)9-7-20)11-14-33(15-12-30)21-16-23(31)25(32)24(17-21)41-29(3,4)27(37)38/h6-9,16-17,19H,10-15,18H2,1-5H3,(H,37,38). The molecule has 0 bridgehead atoms. The lowest BCUT2D eigenvalue weighted by molar-refractivity contribution is -0.152. The monoisotopic (exact) mass is 573 g/mol. The van der Waals surface area contributed by atoms with Crippen LogP contribution in [0.1, 0.15) is 46.1 Å². The van der Waals surface area contributed by atoms with Gasteiger partial charge in [0.1, 0.15) is 11.3 Å². The first kappa shape index (κ1) is 30.1. The van der Waals surface area contributed by atoms with E-state index >= 15 is 0 Å². The van der Waals surface area contributed by atoms with E-state index in [0.29, 0.717) is 51.1 Å². The van der Waals surface area contributed by atoms with Crippen LogP contribution in [-0.2, 0) is 16.0 Å². The highest BCUT2D eigenvalue weighted by Gasteiger charge is 2.57. The van der Waals surface area contributed by atoms with Crippen molar-refractivity contribution in [2.24, 2.45) is 5.92 Å². The van der Waals surface area contributed by atoms with Crippen molar-refractivity contribution in [1.82, 2.24) is 9.80 Å². The zero-order valence-corrected chi connectivity index (χ0v) is 24.1. The van der Waals surface area contributed by atoms with Crippen LogP contribution >= 0.6 is 0 Å². The first-order valence-corrected chi connectivity index (χ1v) is 13.7. The number of hydrogen-bond donors (Lipinski definition) is 1. The maximum atomic E-state index is 14.6. The van der Waals surface area contributed by atoms with Crippen molar-refractivity contribution in [1.29, 1.82) is 0 Å². The average Bonchev–Trinajstić information content (AvgIpc) is 3.10. The summed E-state index contributed by atoms with van der Waals surface area (Å²) in [5.41, 5.74) is -1.52. The number of urea groups is 1. The second kappa shape index (κ2) is 11.5. The number of aliphatic carboxylic acids is 1. The number of amides is 3. The van der Waals surface area contributed by atoms with Crippen molar-refractivity contribution in [3.05, 3.63) is 53.6 Å². The molecule has 3 amide bonds. The number of carbonyl (C=O) groups excluding carboxylic acids is 2. The highest BCUT2D eigenvalue weighted by molar-refractivity contribution is 6.07. The first-order chi connectivity index (χ1) is 19.3. The first-order valence-electron chi connectivity index (χ1n) is 13.7. The largest absolute Gasteiger partial charge is 0.497 e. The fraction of sp³-hybridized carbons (Fsp3) is 0.500. The molecule has 0 radical (unpaired) electrons. The molecule has 0 saturated carbocycles. The van der Waals surface area contributed by atoms with E-state index in [9.17, 15) is 28.3 Å². The van der Waals surface area contributed by atoms with Crippen LogP contribution in [0.3, 0.4) is 0 Å². The number of carbonyl (C=O) groups is 3. The highest BCUT2D eigenvalue weighted by atomic mass is 19.2. The van der Waals surface area contributed by atoms with Crippen LogP contribution in [-0.4, -0.2) is 77.2 Å². The molecule has 222 valence electrons. The van der Waals surface area contributed by atoms with Crippen molar-refractivity contribution in [2.75, 3.05) is 38.2 Å². The van der Waals surface area contributed by atoms with E-state index < -0.39 is 34.5 Å². The van der Waals surface area contributed by atoms with E-state index in [4.69, 9.17) is 9.47 Å². The smallest absolute Gasteiger partial charge is 0.347 e. The van der Waals surface area contributed by atoms with E-state index in [1.54, 1.807) is 16.9 Å². The molecule has 2 aromatic carbocycles. The summed E-state index contributed by atoms with van der Waals surface area (Å²) < 4.78 is 39.6. The Balaban J connectivity index is 1.57. The van der Waals surface area contributed by atoms with E-state index in [-0.39, 0.29) is 17.9 Å². The molecule has 1 spiro atoms. The number of piperidine rings is 1. The minimum atomic E-state index is -1.78. The molecule has 2 saturated heterocycles. The minimum absolute atomic E-state index is 0.0947. The van der Waals surface area contributed by atoms with E-state index in [1.807, 2.05) is 38.1 Å². The third kappa shape index (κ3) is 5.94. The zero-order valence-electron chi connectivity index (χ0n) is 24.1. The van der Waals surface area contributed by atoms with Gasteiger partial charge in [-0.2, -0.15) is 4.39 Å². The second-order valence-corrected chi connectivity index (χ2v) is 11.5. The lowest BCUT2D eigenvalue weighted by Gasteiger charge is -2.43. The van der Waals surface area contributed by atoms with Crippen molar-refractivity contribution >= 4 is 23.6 Å². The Morgan fingerprint density at radius 1 is 1.10 bits per heavy atom. The highest BCUT2D eigenvalue weighted by Crippen LogP contribution is 2.40. The van der Waals surface area contributed by atoms with Crippen molar-refractivity contribution in [3.63, 3.8) is 0 Å². The predicted molar refractivity (Wildman–Crippen MR) is 148 cm³/mol. The Kier molecular flexibility index (Phi) is 8.46. The number of rotatable bonds is 10. The van der Waals surface area contributed by atoms with Crippen molar-refractivity contribution < 1.29 is 37.7 Å². The van der Waals surface area contributed by atoms with Gasteiger partial charge in [-0.15, -0.1) is 0 Å². The Hall–Kier alpha value is -3.89. The van der Waals surface area contributed by atoms with Crippen LogP contribution in [0.2, 0.25) is 0 Å². The predicted octanol–water partition coefficient (Wildman–Crippen LogP) is 4.72. The average molecular weight is 574 g/mol. The lowest BCUT2D eigenvalue weighted by atomic mass is 9.85.